The van der Waals surface area contributed by atoms with E-state index < -0.39 is 0 Å². The number of carbonyl (C=O) groups excluding carboxylic acids is 1. The number of nitrogen functional groups attached to an aromatic ring is 2. The van der Waals surface area contributed by atoms with E-state index in [2.05, 4.69) is 61.5 Å². The summed E-state index contributed by atoms with van der Waals surface area (Å²) < 4.78 is 6.27. The van der Waals surface area contributed by atoms with Gasteiger partial charge in [-0.2, -0.15) is 0 Å². The van der Waals surface area contributed by atoms with Crippen molar-refractivity contribution >= 4 is 17.3 Å². The number of esters is 1. The zero-order valence-corrected chi connectivity index (χ0v) is 27.3. The van der Waals surface area contributed by atoms with Crippen LogP contribution in [-0.2, 0) is 4.74 Å². The summed E-state index contributed by atoms with van der Waals surface area (Å²) in [5.41, 5.74) is 15.9. The molecule has 0 amide bonds. The molecular formula is C37H58N2O2. The molecule has 4 fully saturated rings. The van der Waals surface area contributed by atoms with Crippen LogP contribution in [0.25, 0.3) is 0 Å². The number of allylic oxidation sites excluding steroid dienone is 2. The molecule has 4 aliphatic rings. The lowest BCUT2D eigenvalue weighted by atomic mass is 9.38. The number of hydrogen-bond donors (Lipinski definition) is 2. The van der Waals surface area contributed by atoms with E-state index in [1.54, 1.807) is 18.2 Å². The summed E-state index contributed by atoms with van der Waals surface area (Å²) in [6.45, 7) is 19.8. The smallest absolute Gasteiger partial charge is 0.340 e. The Morgan fingerprint density at radius 1 is 0.951 bits per heavy atom. The minimum atomic E-state index is -0.311. The van der Waals surface area contributed by atoms with Crippen molar-refractivity contribution in [1.29, 1.82) is 0 Å². The van der Waals surface area contributed by atoms with Gasteiger partial charge in [0.05, 0.1) is 5.56 Å². The van der Waals surface area contributed by atoms with Gasteiger partial charge in [-0.15, -0.1) is 0 Å². The minimum Gasteiger partial charge on any atom is -0.458 e. The van der Waals surface area contributed by atoms with Crippen molar-refractivity contribution < 1.29 is 9.53 Å². The highest BCUT2D eigenvalue weighted by Crippen LogP contribution is 2.74. The molecule has 5 rings (SSSR count). The summed E-state index contributed by atoms with van der Waals surface area (Å²) in [4.78, 5) is 13.2. The third-order valence-electron chi connectivity index (χ3n) is 13.9. The monoisotopic (exact) mass is 562 g/mol. The average molecular weight is 563 g/mol. The Morgan fingerprint density at radius 2 is 1.66 bits per heavy atom. The lowest BCUT2D eigenvalue weighted by Gasteiger charge is -2.67. The predicted octanol–water partition coefficient (Wildman–Crippen LogP) is 9.44. The maximum atomic E-state index is 13.2. The van der Waals surface area contributed by atoms with Gasteiger partial charge in [0.1, 0.15) is 6.10 Å². The van der Waals surface area contributed by atoms with Crippen LogP contribution in [0.4, 0.5) is 11.4 Å². The van der Waals surface area contributed by atoms with Crippen LogP contribution in [0.2, 0.25) is 0 Å². The van der Waals surface area contributed by atoms with Crippen LogP contribution in [0.5, 0.6) is 0 Å². The molecule has 1 aromatic carbocycles. The normalized spacial score (nSPS) is 40.0. The van der Waals surface area contributed by atoms with Gasteiger partial charge in [0.15, 0.2) is 0 Å². The molecule has 4 saturated carbocycles. The summed E-state index contributed by atoms with van der Waals surface area (Å²) in [5, 5.41) is 0. The molecular weight excluding hydrogens is 504 g/mol. The molecule has 0 spiro atoms. The zero-order valence-electron chi connectivity index (χ0n) is 27.3. The largest absolute Gasteiger partial charge is 0.458 e. The standard InChI is InChI=1S/C37H58N2O2/c1-23(2)10-9-11-24(3)27-16-20-37(8)29-14-15-31-34(4,5)32(41-33(40)26-13-12-25(38)22-30(26)39)18-19-35(31,6)28(29)17-21-36(27,37)7/h10,12-13,22,24,27-29,31-32H,9,11,14-21,38-39H2,1-8H3. The van der Waals surface area contributed by atoms with Gasteiger partial charge in [0, 0.05) is 16.8 Å². The number of hydrogen-bond acceptors (Lipinski definition) is 4. The van der Waals surface area contributed by atoms with Crippen molar-refractivity contribution in [2.24, 2.45) is 51.2 Å². The molecule has 0 aliphatic heterocycles. The Hall–Kier alpha value is -1.97. The maximum Gasteiger partial charge on any atom is 0.340 e. The second kappa shape index (κ2) is 10.6. The number of rotatable bonds is 6. The fourth-order valence-corrected chi connectivity index (χ4v) is 11.4. The van der Waals surface area contributed by atoms with Gasteiger partial charge in [-0.25, -0.2) is 4.79 Å². The molecule has 9 atom stereocenters. The van der Waals surface area contributed by atoms with Gasteiger partial charge in [0.25, 0.3) is 0 Å². The van der Waals surface area contributed by atoms with Crippen molar-refractivity contribution in [3.8, 4) is 0 Å². The van der Waals surface area contributed by atoms with E-state index in [4.69, 9.17) is 16.2 Å². The first-order chi connectivity index (χ1) is 19.1. The summed E-state index contributed by atoms with van der Waals surface area (Å²) in [5.74, 6) is 3.45. The number of anilines is 2. The molecule has 0 heterocycles. The van der Waals surface area contributed by atoms with Gasteiger partial charge < -0.3 is 16.2 Å². The Kier molecular flexibility index (Phi) is 7.91. The lowest BCUT2D eigenvalue weighted by Crippen LogP contribution is -2.62. The van der Waals surface area contributed by atoms with Crippen LogP contribution in [-0.4, -0.2) is 12.1 Å². The molecule has 41 heavy (non-hydrogen) atoms. The molecule has 228 valence electrons. The van der Waals surface area contributed by atoms with Crippen LogP contribution >= 0.6 is 0 Å². The molecule has 0 radical (unpaired) electrons. The summed E-state index contributed by atoms with van der Waals surface area (Å²) >= 11 is 0. The van der Waals surface area contributed by atoms with Crippen LogP contribution < -0.4 is 11.5 Å². The predicted molar refractivity (Wildman–Crippen MR) is 171 cm³/mol. The van der Waals surface area contributed by atoms with Gasteiger partial charge in [0.2, 0.25) is 0 Å². The van der Waals surface area contributed by atoms with E-state index in [0.29, 0.717) is 39.1 Å². The van der Waals surface area contributed by atoms with Crippen LogP contribution in [0.3, 0.4) is 0 Å². The molecule has 4 aliphatic carbocycles. The second-order valence-corrected chi connectivity index (χ2v) is 16.3. The average Bonchev–Trinajstić information content (AvgIpc) is 3.16. The molecule has 4 heteroatoms. The molecule has 9 unspecified atom stereocenters. The van der Waals surface area contributed by atoms with Crippen LogP contribution in [0, 0.1) is 51.2 Å². The van der Waals surface area contributed by atoms with Crippen molar-refractivity contribution in [2.45, 2.75) is 126 Å². The van der Waals surface area contributed by atoms with E-state index in [9.17, 15) is 4.79 Å². The number of carbonyl (C=O) groups is 1. The van der Waals surface area contributed by atoms with Crippen LogP contribution in [0.1, 0.15) is 130 Å². The summed E-state index contributed by atoms with van der Waals surface area (Å²) in [7, 11) is 0. The first kappa shape index (κ1) is 30.5. The highest BCUT2D eigenvalue weighted by Gasteiger charge is 2.67. The van der Waals surface area contributed by atoms with Gasteiger partial charge in [-0.1, -0.05) is 53.2 Å². The maximum absolute atomic E-state index is 13.2. The van der Waals surface area contributed by atoms with Crippen molar-refractivity contribution in [2.75, 3.05) is 11.5 Å². The van der Waals surface area contributed by atoms with E-state index >= 15 is 0 Å². The van der Waals surface area contributed by atoms with E-state index in [0.717, 1.165) is 36.5 Å². The van der Waals surface area contributed by atoms with E-state index in [-0.39, 0.29) is 17.5 Å². The molecule has 0 aromatic heterocycles. The van der Waals surface area contributed by atoms with Crippen LogP contribution in [0.15, 0.2) is 29.8 Å². The van der Waals surface area contributed by atoms with Crippen molar-refractivity contribution in [1.82, 2.24) is 0 Å². The number of benzene rings is 1. The number of nitrogens with two attached hydrogens (primary N) is 2. The molecule has 0 saturated heterocycles. The summed E-state index contributed by atoms with van der Waals surface area (Å²) in [6, 6.07) is 5.08. The molecule has 0 bridgehead atoms. The fourth-order valence-electron chi connectivity index (χ4n) is 11.4. The minimum absolute atomic E-state index is 0.0739. The van der Waals surface area contributed by atoms with Crippen molar-refractivity contribution in [3.05, 3.63) is 35.4 Å². The Labute approximate surface area is 250 Å². The van der Waals surface area contributed by atoms with E-state index in [1.807, 2.05) is 0 Å². The SMILES string of the molecule is CC(C)=CCCC(C)C1CCC2(C)C3CCC4C(C)(C)C(OC(=O)c5ccc(N)cc5N)CCC4(C)C3CCC12C. The second-order valence-electron chi connectivity index (χ2n) is 16.3. The topological polar surface area (TPSA) is 78.3 Å². The quantitative estimate of drug-likeness (QED) is 0.206. The highest BCUT2D eigenvalue weighted by molar-refractivity contribution is 5.95. The fraction of sp³-hybridized carbons (Fsp3) is 0.757. The third-order valence-corrected chi connectivity index (χ3v) is 13.9. The third kappa shape index (κ3) is 4.84. The molecule has 1 aromatic rings. The zero-order chi connectivity index (χ0) is 30.0. The summed E-state index contributed by atoms with van der Waals surface area (Å²) in [6.07, 6.45) is 15.1. The highest BCUT2D eigenvalue weighted by atomic mass is 16.5. The Bertz CT molecular complexity index is 1180. The molecule has 4 nitrogen and oxygen atoms in total. The van der Waals surface area contributed by atoms with Gasteiger partial charge >= 0.3 is 5.97 Å². The Balaban J connectivity index is 1.33. The first-order valence-corrected chi connectivity index (χ1v) is 16.6. The Morgan fingerprint density at radius 3 is 2.34 bits per heavy atom. The van der Waals surface area contributed by atoms with Gasteiger partial charge in [-0.05, 0) is 142 Å². The first-order valence-electron chi connectivity index (χ1n) is 16.6. The van der Waals surface area contributed by atoms with Crippen molar-refractivity contribution in [3.63, 3.8) is 0 Å². The number of ether oxygens (including phenoxy) is 1. The van der Waals surface area contributed by atoms with Gasteiger partial charge in [-0.3, -0.25) is 0 Å². The lowest BCUT2D eigenvalue weighted by molar-refractivity contribution is -0.200. The molecule has 4 N–H and O–H groups in total. The number of fused-ring (bicyclic) bond motifs is 5. The van der Waals surface area contributed by atoms with E-state index in [1.165, 1.54) is 56.9 Å².